The summed E-state index contributed by atoms with van der Waals surface area (Å²) in [6.45, 7) is 7.68. The fraction of sp³-hybridized carbons (Fsp3) is 0.419. The predicted molar refractivity (Wildman–Crippen MR) is 149 cm³/mol. The third kappa shape index (κ3) is 6.07. The van der Waals surface area contributed by atoms with Gasteiger partial charge in [0.1, 0.15) is 6.54 Å². The van der Waals surface area contributed by atoms with E-state index < -0.39 is 0 Å². The first-order valence-corrected chi connectivity index (χ1v) is 14.2. The number of carbonyl (C=O) groups excluding carboxylic acids is 2. The van der Waals surface area contributed by atoms with E-state index in [-0.39, 0.29) is 24.4 Å². The maximum Gasteiger partial charge on any atom is 0.254 e. The van der Waals surface area contributed by atoms with Crippen LogP contribution in [-0.2, 0) is 17.6 Å². The second-order valence-corrected chi connectivity index (χ2v) is 10.8. The van der Waals surface area contributed by atoms with Gasteiger partial charge in [-0.15, -0.1) is 11.3 Å². The minimum Gasteiger partial charge on any atom is -0.330 e. The maximum absolute atomic E-state index is 13.7. The van der Waals surface area contributed by atoms with Crippen LogP contribution in [0.1, 0.15) is 83.1 Å². The van der Waals surface area contributed by atoms with E-state index in [0.717, 1.165) is 24.8 Å². The third-order valence-electron chi connectivity index (χ3n) is 7.06. The smallest absolute Gasteiger partial charge is 0.254 e. The molecule has 0 fully saturated rings. The summed E-state index contributed by atoms with van der Waals surface area (Å²) in [6, 6.07) is 18.5. The molecule has 0 N–H and O–H groups in total. The van der Waals surface area contributed by atoms with Crippen LogP contribution in [-0.4, -0.2) is 41.2 Å². The van der Waals surface area contributed by atoms with Gasteiger partial charge >= 0.3 is 0 Å². The van der Waals surface area contributed by atoms with Gasteiger partial charge < -0.3 is 9.80 Å². The van der Waals surface area contributed by atoms with Gasteiger partial charge in [0.25, 0.3) is 5.91 Å². The summed E-state index contributed by atoms with van der Waals surface area (Å²) in [6.07, 6.45) is 6.31. The standard InChI is InChI=1S/C31H38N2O2S/c1-4-6-7-8-24-11-15-26(16-12-24)31(35)32(19-5-2)22-29(34)33-20-17-28-27(18-21-36-28)30(33)25-13-9-23(3)10-14-25/h9-16,18,21,30H,4-8,17,19-20,22H2,1-3H3. The second-order valence-electron chi connectivity index (χ2n) is 9.83. The summed E-state index contributed by atoms with van der Waals surface area (Å²) in [7, 11) is 0. The zero-order chi connectivity index (χ0) is 25.5. The van der Waals surface area contributed by atoms with Gasteiger partial charge in [0.05, 0.1) is 6.04 Å². The number of nitrogens with zero attached hydrogens (tertiary/aromatic N) is 2. The topological polar surface area (TPSA) is 40.6 Å². The van der Waals surface area contributed by atoms with Crippen LogP contribution in [0.2, 0.25) is 0 Å². The van der Waals surface area contributed by atoms with E-state index in [1.807, 2.05) is 17.0 Å². The molecule has 4 rings (SSSR count). The summed E-state index contributed by atoms with van der Waals surface area (Å²) in [5, 5.41) is 2.12. The van der Waals surface area contributed by atoms with E-state index in [1.165, 1.54) is 40.8 Å². The van der Waals surface area contributed by atoms with E-state index in [9.17, 15) is 9.59 Å². The van der Waals surface area contributed by atoms with Crippen molar-refractivity contribution in [2.24, 2.45) is 0 Å². The van der Waals surface area contributed by atoms with Crippen LogP contribution in [0.4, 0.5) is 0 Å². The number of aryl methyl sites for hydroxylation is 2. The van der Waals surface area contributed by atoms with Gasteiger partial charge in [-0.05, 0) is 72.9 Å². The van der Waals surface area contributed by atoms with Crippen LogP contribution in [0.25, 0.3) is 0 Å². The molecule has 3 aromatic rings. The Bertz CT molecular complexity index is 1150. The SMILES string of the molecule is CCCCCc1ccc(C(=O)N(CCC)CC(=O)N2CCc3sccc3C2c2ccc(C)cc2)cc1. The maximum atomic E-state index is 13.7. The highest BCUT2D eigenvalue weighted by Crippen LogP contribution is 2.38. The Hall–Kier alpha value is -2.92. The molecule has 5 heteroatoms. The van der Waals surface area contributed by atoms with Crippen LogP contribution >= 0.6 is 11.3 Å². The van der Waals surface area contributed by atoms with Crippen LogP contribution < -0.4 is 0 Å². The Balaban J connectivity index is 1.51. The average Bonchev–Trinajstić information content (AvgIpc) is 3.37. The fourth-order valence-electron chi connectivity index (χ4n) is 5.05. The number of unbranched alkanes of at least 4 members (excludes halogenated alkanes) is 2. The zero-order valence-corrected chi connectivity index (χ0v) is 22.7. The molecule has 1 aromatic heterocycles. The molecule has 1 atom stereocenters. The molecule has 2 heterocycles. The van der Waals surface area contributed by atoms with Gasteiger partial charge in [0.2, 0.25) is 5.91 Å². The summed E-state index contributed by atoms with van der Waals surface area (Å²) in [5.41, 5.74) is 5.47. The molecule has 0 bridgehead atoms. The number of carbonyl (C=O) groups is 2. The normalized spacial score (nSPS) is 15.0. The van der Waals surface area contributed by atoms with Gasteiger partial charge in [-0.2, -0.15) is 0 Å². The van der Waals surface area contributed by atoms with Crippen molar-refractivity contribution in [2.75, 3.05) is 19.6 Å². The minimum absolute atomic E-state index is 0.00964. The number of amides is 2. The van der Waals surface area contributed by atoms with Gasteiger partial charge in [-0.3, -0.25) is 9.59 Å². The Labute approximate surface area is 219 Å². The largest absolute Gasteiger partial charge is 0.330 e. The Kier molecular flexibility index (Phi) is 8.98. The van der Waals surface area contributed by atoms with Gasteiger partial charge in [-0.25, -0.2) is 0 Å². The lowest BCUT2D eigenvalue weighted by Crippen LogP contribution is -2.47. The lowest BCUT2D eigenvalue weighted by molar-refractivity contribution is -0.134. The quantitative estimate of drug-likeness (QED) is 0.286. The number of benzene rings is 2. The fourth-order valence-corrected chi connectivity index (χ4v) is 5.95. The summed E-state index contributed by atoms with van der Waals surface area (Å²) in [4.78, 5) is 32.2. The number of fused-ring (bicyclic) bond motifs is 1. The van der Waals surface area contributed by atoms with E-state index in [4.69, 9.17) is 0 Å². The highest BCUT2D eigenvalue weighted by Gasteiger charge is 2.34. The molecule has 0 spiro atoms. The summed E-state index contributed by atoms with van der Waals surface area (Å²) in [5.74, 6) is -0.0548. The van der Waals surface area contributed by atoms with E-state index in [0.29, 0.717) is 18.7 Å². The minimum atomic E-state index is -0.103. The molecule has 1 aliphatic heterocycles. The molecule has 1 aliphatic rings. The van der Waals surface area contributed by atoms with Crippen molar-refractivity contribution >= 4 is 23.2 Å². The lowest BCUT2D eigenvalue weighted by Gasteiger charge is -2.37. The summed E-state index contributed by atoms with van der Waals surface area (Å²) >= 11 is 1.77. The first-order chi connectivity index (χ1) is 17.5. The highest BCUT2D eigenvalue weighted by atomic mass is 32.1. The van der Waals surface area contributed by atoms with Crippen LogP contribution in [0.15, 0.2) is 60.0 Å². The van der Waals surface area contributed by atoms with Crippen molar-refractivity contribution in [1.82, 2.24) is 9.80 Å². The number of hydrogen-bond donors (Lipinski definition) is 0. The molecule has 0 radical (unpaired) electrons. The lowest BCUT2D eigenvalue weighted by atomic mass is 9.92. The van der Waals surface area contributed by atoms with Crippen molar-refractivity contribution in [3.63, 3.8) is 0 Å². The Morgan fingerprint density at radius 2 is 1.72 bits per heavy atom. The van der Waals surface area contributed by atoms with E-state index >= 15 is 0 Å². The van der Waals surface area contributed by atoms with E-state index in [1.54, 1.807) is 16.2 Å². The third-order valence-corrected chi connectivity index (χ3v) is 8.05. The zero-order valence-electron chi connectivity index (χ0n) is 21.8. The molecular formula is C31H38N2O2S. The van der Waals surface area contributed by atoms with Gasteiger partial charge in [0, 0.05) is 23.5 Å². The van der Waals surface area contributed by atoms with Crippen LogP contribution in [0.5, 0.6) is 0 Å². The molecule has 0 saturated carbocycles. The van der Waals surface area contributed by atoms with Crippen molar-refractivity contribution in [3.8, 4) is 0 Å². The van der Waals surface area contributed by atoms with Crippen LogP contribution in [0.3, 0.4) is 0 Å². The molecule has 0 aliphatic carbocycles. The first kappa shape index (κ1) is 26.2. The molecule has 1 unspecified atom stereocenters. The Morgan fingerprint density at radius 3 is 2.42 bits per heavy atom. The number of rotatable bonds is 10. The van der Waals surface area contributed by atoms with Crippen molar-refractivity contribution in [1.29, 1.82) is 0 Å². The molecule has 190 valence electrons. The van der Waals surface area contributed by atoms with Crippen molar-refractivity contribution in [3.05, 3.63) is 92.7 Å². The molecule has 2 amide bonds. The van der Waals surface area contributed by atoms with Crippen LogP contribution in [0, 0.1) is 6.92 Å². The molecular weight excluding hydrogens is 464 g/mol. The van der Waals surface area contributed by atoms with Crippen molar-refractivity contribution in [2.45, 2.75) is 65.3 Å². The monoisotopic (exact) mass is 502 g/mol. The highest BCUT2D eigenvalue weighted by molar-refractivity contribution is 7.10. The van der Waals surface area contributed by atoms with E-state index in [2.05, 4.69) is 68.6 Å². The van der Waals surface area contributed by atoms with Gasteiger partial charge in [-0.1, -0.05) is 68.7 Å². The number of hydrogen-bond acceptors (Lipinski definition) is 3. The molecule has 0 saturated heterocycles. The second kappa shape index (κ2) is 12.4. The molecule has 2 aromatic carbocycles. The Morgan fingerprint density at radius 1 is 0.972 bits per heavy atom. The number of thiophene rings is 1. The predicted octanol–water partition coefficient (Wildman–Crippen LogP) is 6.82. The first-order valence-electron chi connectivity index (χ1n) is 13.3. The van der Waals surface area contributed by atoms with Gasteiger partial charge in [0.15, 0.2) is 0 Å². The summed E-state index contributed by atoms with van der Waals surface area (Å²) < 4.78 is 0. The van der Waals surface area contributed by atoms with Crippen molar-refractivity contribution < 1.29 is 9.59 Å². The molecule has 36 heavy (non-hydrogen) atoms. The average molecular weight is 503 g/mol. The molecule has 4 nitrogen and oxygen atoms in total.